The SMILES string of the molecule is Cc1c(CC(=O)c2ccc(CN3CCCC[C@H]3C(=O)O)cn2)ccnc1-c1ccccc1. The maximum absolute atomic E-state index is 12.9. The Morgan fingerprint density at radius 3 is 2.59 bits per heavy atom. The molecule has 0 radical (unpaired) electrons. The second-order valence-electron chi connectivity index (χ2n) is 8.28. The number of piperidine rings is 1. The molecule has 0 aliphatic carbocycles. The lowest BCUT2D eigenvalue weighted by Crippen LogP contribution is -2.44. The average Bonchev–Trinajstić information content (AvgIpc) is 2.81. The molecule has 1 N–H and O–H groups in total. The summed E-state index contributed by atoms with van der Waals surface area (Å²) >= 11 is 0. The molecule has 0 saturated carbocycles. The van der Waals surface area contributed by atoms with Gasteiger partial charge in [0.2, 0.25) is 0 Å². The number of Topliss-reactive ketones (excluding diaryl/α,β-unsaturated/α-hetero) is 1. The summed E-state index contributed by atoms with van der Waals surface area (Å²) in [5, 5.41) is 9.45. The van der Waals surface area contributed by atoms with E-state index in [1.165, 1.54) is 0 Å². The van der Waals surface area contributed by atoms with Gasteiger partial charge in [0, 0.05) is 30.9 Å². The second kappa shape index (κ2) is 9.83. The molecular weight excluding hydrogens is 402 g/mol. The maximum Gasteiger partial charge on any atom is 0.320 e. The number of carbonyl (C=O) groups excluding carboxylic acids is 1. The fraction of sp³-hybridized carbons (Fsp3) is 0.308. The van der Waals surface area contributed by atoms with E-state index in [9.17, 15) is 14.7 Å². The molecule has 1 atom stereocenters. The van der Waals surface area contributed by atoms with Crippen molar-refractivity contribution in [3.8, 4) is 11.3 Å². The summed E-state index contributed by atoms with van der Waals surface area (Å²) in [5.41, 5.74) is 5.18. The van der Waals surface area contributed by atoms with Gasteiger partial charge in [-0.2, -0.15) is 0 Å². The monoisotopic (exact) mass is 429 g/mol. The van der Waals surface area contributed by atoms with Crippen molar-refractivity contribution in [1.29, 1.82) is 0 Å². The molecule has 0 amide bonds. The van der Waals surface area contributed by atoms with E-state index in [-0.39, 0.29) is 12.2 Å². The van der Waals surface area contributed by atoms with Gasteiger partial charge >= 0.3 is 5.97 Å². The molecular formula is C26H27N3O3. The lowest BCUT2D eigenvalue weighted by Gasteiger charge is -2.32. The van der Waals surface area contributed by atoms with Gasteiger partial charge in [0.15, 0.2) is 5.78 Å². The maximum atomic E-state index is 12.9. The van der Waals surface area contributed by atoms with Gasteiger partial charge in [0.25, 0.3) is 0 Å². The molecule has 4 rings (SSSR count). The normalized spacial score (nSPS) is 16.6. The molecule has 1 aliphatic rings. The van der Waals surface area contributed by atoms with Crippen LogP contribution in [0.25, 0.3) is 11.3 Å². The molecule has 1 saturated heterocycles. The molecule has 0 spiro atoms. The van der Waals surface area contributed by atoms with Crippen LogP contribution in [-0.4, -0.2) is 44.3 Å². The summed E-state index contributed by atoms with van der Waals surface area (Å²) in [4.78, 5) is 35.3. The molecule has 3 aromatic rings. The van der Waals surface area contributed by atoms with Crippen LogP contribution in [0.1, 0.15) is 46.4 Å². The minimum Gasteiger partial charge on any atom is -0.480 e. The molecule has 3 heterocycles. The van der Waals surface area contributed by atoms with E-state index in [0.717, 1.165) is 47.3 Å². The van der Waals surface area contributed by atoms with Gasteiger partial charge in [0.05, 0.1) is 5.69 Å². The number of aliphatic carboxylic acids is 1. The van der Waals surface area contributed by atoms with Gasteiger partial charge in [-0.25, -0.2) is 0 Å². The summed E-state index contributed by atoms with van der Waals surface area (Å²) in [7, 11) is 0. The van der Waals surface area contributed by atoms with E-state index < -0.39 is 12.0 Å². The van der Waals surface area contributed by atoms with Crippen molar-refractivity contribution >= 4 is 11.8 Å². The number of aromatic nitrogens is 2. The third-order valence-electron chi connectivity index (χ3n) is 6.11. The van der Waals surface area contributed by atoms with Gasteiger partial charge in [-0.05, 0) is 55.1 Å². The molecule has 1 aromatic carbocycles. The van der Waals surface area contributed by atoms with Gasteiger partial charge in [-0.15, -0.1) is 0 Å². The van der Waals surface area contributed by atoms with Crippen LogP contribution in [0.2, 0.25) is 0 Å². The van der Waals surface area contributed by atoms with Gasteiger partial charge < -0.3 is 5.11 Å². The Kier molecular flexibility index (Phi) is 6.71. The molecule has 1 fully saturated rings. The van der Waals surface area contributed by atoms with Crippen LogP contribution < -0.4 is 0 Å². The largest absolute Gasteiger partial charge is 0.480 e. The Labute approximate surface area is 188 Å². The number of rotatable bonds is 7. The highest BCUT2D eigenvalue weighted by Gasteiger charge is 2.28. The fourth-order valence-electron chi connectivity index (χ4n) is 4.30. The van der Waals surface area contributed by atoms with E-state index >= 15 is 0 Å². The van der Waals surface area contributed by atoms with Crippen molar-refractivity contribution in [2.75, 3.05) is 6.54 Å². The number of hydrogen-bond donors (Lipinski definition) is 1. The van der Waals surface area contributed by atoms with E-state index in [1.807, 2.05) is 54.3 Å². The Morgan fingerprint density at radius 2 is 1.88 bits per heavy atom. The predicted molar refractivity (Wildman–Crippen MR) is 122 cm³/mol. The zero-order valence-electron chi connectivity index (χ0n) is 18.2. The van der Waals surface area contributed by atoms with Crippen molar-refractivity contribution in [2.24, 2.45) is 0 Å². The van der Waals surface area contributed by atoms with Crippen LogP contribution in [0.5, 0.6) is 0 Å². The van der Waals surface area contributed by atoms with E-state index in [0.29, 0.717) is 18.7 Å². The Bertz CT molecular complexity index is 1100. The Hall–Kier alpha value is -3.38. The topological polar surface area (TPSA) is 83.4 Å². The van der Waals surface area contributed by atoms with Crippen molar-refractivity contribution in [3.05, 3.63) is 83.3 Å². The van der Waals surface area contributed by atoms with Crippen LogP contribution >= 0.6 is 0 Å². The van der Waals surface area contributed by atoms with Crippen molar-refractivity contribution in [1.82, 2.24) is 14.9 Å². The molecule has 6 nitrogen and oxygen atoms in total. The standard InChI is InChI=1S/C26H27N3O3/c1-18-21(12-13-27-25(18)20-7-3-2-4-8-20)15-24(30)22-11-10-19(16-28-22)17-29-14-6-5-9-23(29)26(31)32/h2-4,7-8,10-13,16,23H,5-6,9,14-15,17H2,1H3,(H,31,32)/t23-/m0/s1. The smallest absolute Gasteiger partial charge is 0.320 e. The van der Waals surface area contributed by atoms with E-state index in [1.54, 1.807) is 18.5 Å². The molecule has 164 valence electrons. The Balaban J connectivity index is 1.45. The first-order chi connectivity index (χ1) is 15.5. The number of carboxylic acids is 1. The van der Waals surface area contributed by atoms with Crippen LogP contribution in [-0.2, 0) is 17.8 Å². The molecule has 6 heteroatoms. The number of benzene rings is 1. The summed E-state index contributed by atoms with van der Waals surface area (Å²) < 4.78 is 0. The zero-order valence-corrected chi connectivity index (χ0v) is 18.2. The highest BCUT2D eigenvalue weighted by Crippen LogP contribution is 2.24. The van der Waals surface area contributed by atoms with E-state index in [4.69, 9.17) is 0 Å². The van der Waals surface area contributed by atoms with Gasteiger partial charge in [-0.1, -0.05) is 42.8 Å². The highest BCUT2D eigenvalue weighted by molar-refractivity contribution is 5.96. The molecule has 2 aromatic heterocycles. The zero-order chi connectivity index (χ0) is 22.5. The number of carbonyl (C=O) groups is 2. The quantitative estimate of drug-likeness (QED) is 0.563. The van der Waals surface area contributed by atoms with Crippen molar-refractivity contribution in [3.63, 3.8) is 0 Å². The number of carboxylic acid groups (broad SMARTS) is 1. The van der Waals surface area contributed by atoms with Crippen LogP contribution in [0, 0.1) is 6.92 Å². The number of nitrogens with zero attached hydrogens (tertiary/aromatic N) is 3. The van der Waals surface area contributed by atoms with Crippen molar-refractivity contribution < 1.29 is 14.7 Å². The van der Waals surface area contributed by atoms with Gasteiger partial charge in [-0.3, -0.25) is 24.5 Å². The predicted octanol–water partition coefficient (Wildman–Crippen LogP) is 4.32. The number of hydrogen-bond acceptors (Lipinski definition) is 5. The first-order valence-corrected chi connectivity index (χ1v) is 11.0. The number of ketones is 1. The molecule has 0 unspecified atom stereocenters. The summed E-state index contributed by atoms with van der Waals surface area (Å²) in [5.74, 6) is -0.821. The number of likely N-dealkylation sites (tertiary alicyclic amines) is 1. The molecule has 0 bridgehead atoms. The number of pyridine rings is 2. The van der Waals surface area contributed by atoms with Gasteiger partial charge in [0.1, 0.15) is 11.7 Å². The first kappa shape index (κ1) is 21.8. The van der Waals surface area contributed by atoms with Crippen LogP contribution in [0.15, 0.2) is 60.9 Å². The fourth-order valence-corrected chi connectivity index (χ4v) is 4.30. The Morgan fingerprint density at radius 1 is 1.06 bits per heavy atom. The van der Waals surface area contributed by atoms with Crippen LogP contribution in [0.4, 0.5) is 0 Å². The summed E-state index contributed by atoms with van der Waals surface area (Å²) in [6.45, 7) is 3.29. The average molecular weight is 430 g/mol. The summed E-state index contributed by atoms with van der Waals surface area (Å²) in [6, 6.07) is 15.0. The minimum atomic E-state index is -0.771. The van der Waals surface area contributed by atoms with E-state index in [2.05, 4.69) is 9.97 Å². The second-order valence-corrected chi connectivity index (χ2v) is 8.28. The highest BCUT2D eigenvalue weighted by atomic mass is 16.4. The lowest BCUT2D eigenvalue weighted by molar-refractivity contribution is -0.144. The van der Waals surface area contributed by atoms with Crippen LogP contribution in [0.3, 0.4) is 0 Å². The first-order valence-electron chi connectivity index (χ1n) is 11.0. The summed E-state index contributed by atoms with van der Waals surface area (Å²) in [6.07, 6.45) is 6.31. The van der Waals surface area contributed by atoms with Crippen molar-refractivity contribution in [2.45, 2.75) is 45.2 Å². The third kappa shape index (κ3) is 4.92. The molecule has 32 heavy (non-hydrogen) atoms. The minimum absolute atomic E-state index is 0.0498. The lowest BCUT2D eigenvalue weighted by atomic mass is 9.98. The third-order valence-corrected chi connectivity index (χ3v) is 6.11. The molecule has 1 aliphatic heterocycles.